The summed E-state index contributed by atoms with van der Waals surface area (Å²) >= 11 is 0. The van der Waals surface area contributed by atoms with Crippen molar-refractivity contribution in [2.45, 2.75) is 59.3 Å². The number of methoxy groups -OCH3 is 2. The summed E-state index contributed by atoms with van der Waals surface area (Å²) in [6.45, 7) is 10.8. The van der Waals surface area contributed by atoms with Gasteiger partial charge in [-0.2, -0.15) is 15.2 Å². The summed E-state index contributed by atoms with van der Waals surface area (Å²) < 4.78 is 20.0. The number of nitriles is 1. The van der Waals surface area contributed by atoms with Gasteiger partial charge in [-0.05, 0) is 41.5 Å². The van der Waals surface area contributed by atoms with Gasteiger partial charge in [-0.25, -0.2) is 14.6 Å². The zero-order valence-corrected chi connectivity index (χ0v) is 21.6. The van der Waals surface area contributed by atoms with Crippen LogP contribution in [0.1, 0.15) is 52.9 Å². The molecule has 2 aromatic rings. The quantitative estimate of drug-likeness (QED) is 0.539. The van der Waals surface area contributed by atoms with Gasteiger partial charge in [0.25, 0.3) is 5.88 Å². The fraction of sp³-hybridized carbons (Fsp3) is 0.500. The van der Waals surface area contributed by atoms with E-state index in [9.17, 15) is 9.59 Å². The van der Waals surface area contributed by atoms with Crippen molar-refractivity contribution < 1.29 is 28.5 Å². The Balaban J connectivity index is 0.000000360. The van der Waals surface area contributed by atoms with Crippen LogP contribution in [0.5, 0.6) is 11.8 Å². The first kappa shape index (κ1) is 29.8. The van der Waals surface area contributed by atoms with Crippen LogP contribution in [0.3, 0.4) is 0 Å². The Morgan fingerprint density at radius 2 is 1.33 bits per heavy atom. The first-order valence-electron chi connectivity index (χ1n) is 10.6. The Morgan fingerprint density at radius 1 is 0.889 bits per heavy atom. The highest BCUT2D eigenvalue weighted by molar-refractivity contribution is 5.84. The molecule has 14 heteroatoms. The van der Waals surface area contributed by atoms with E-state index in [1.54, 1.807) is 41.5 Å². The van der Waals surface area contributed by atoms with E-state index in [2.05, 4.69) is 30.6 Å². The van der Waals surface area contributed by atoms with Gasteiger partial charge in [0.1, 0.15) is 23.0 Å². The maximum atomic E-state index is 11.5. The summed E-state index contributed by atoms with van der Waals surface area (Å²) in [4.78, 5) is 38.8. The summed E-state index contributed by atoms with van der Waals surface area (Å²) in [5, 5.41) is 13.6. The number of hydrogen-bond acceptors (Lipinski definition) is 12. The summed E-state index contributed by atoms with van der Waals surface area (Å²) in [5.74, 6) is 0.732. The standard InChI is InChI=1S/C11H18N4O3.C11H14N4O3/c2*1-11(2,3)18-10(16)15-8-6-13-7(5-12)9(14-8)17-4/h6H,5,12H2,1-4H3,(H,14,15,16);6H,1-4H3,(H,14,15,16). The van der Waals surface area contributed by atoms with Crippen molar-refractivity contribution in [3.05, 3.63) is 23.8 Å². The Hall–Kier alpha value is -4.25. The third kappa shape index (κ3) is 10.8. The average molecular weight is 505 g/mol. The molecule has 0 radical (unpaired) electrons. The lowest BCUT2D eigenvalue weighted by Gasteiger charge is -2.19. The number of nitrogens with one attached hydrogen (secondary N) is 2. The van der Waals surface area contributed by atoms with E-state index in [1.807, 2.05) is 6.07 Å². The Morgan fingerprint density at radius 3 is 1.72 bits per heavy atom. The fourth-order valence-corrected chi connectivity index (χ4v) is 2.23. The highest BCUT2D eigenvalue weighted by Gasteiger charge is 2.18. The monoisotopic (exact) mass is 504 g/mol. The van der Waals surface area contributed by atoms with Crippen LogP contribution in [0.25, 0.3) is 0 Å². The first-order valence-corrected chi connectivity index (χ1v) is 10.6. The van der Waals surface area contributed by atoms with Gasteiger partial charge in [-0.3, -0.25) is 15.6 Å². The second-order valence-corrected chi connectivity index (χ2v) is 8.89. The van der Waals surface area contributed by atoms with Crippen molar-refractivity contribution in [1.29, 1.82) is 5.26 Å². The lowest BCUT2D eigenvalue weighted by atomic mass is 10.2. The van der Waals surface area contributed by atoms with Gasteiger partial charge >= 0.3 is 12.2 Å². The highest BCUT2D eigenvalue weighted by atomic mass is 16.6. The maximum absolute atomic E-state index is 11.5. The molecule has 0 saturated heterocycles. The molecule has 14 nitrogen and oxygen atoms in total. The van der Waals surface area contributed by atoms with Crippen molar-refractivity contribution in [2.24, 2.45) is 5.73 Å². The molecule has 36 heavy (non-hydrogen) atoms. The molecule has 2 rings (SSSR count). The molecule has 0 unspecified atom stereocenters. The number of aromatic nitrogens is 4. The third-order valence-corrected chi connectivity index (χ3v) is 3.50. The van der Waals surface area contributed by atoms with E-state index < -0.39 is 23.4 Å². The van der Waals surface area contributed by atoms with Crippen LogP contribution in [-0.4, -0.2) is 57.5 Å². The van der Waals surface area contributed by atoms with Crippen LogP contribution >= 0.6 is 0 Å². The SMILES string of the molecule is COc1nc(NC(=O)OC(C)(C)C)cnc1C#N.COc1nc(NC(=O)OC(C)(C)C)cnc1CN. The molecule has 196 valence electrons. The summed E-state index contributed by atoms with van der Waals surface area (Å²) in [6.07, 6.45) is 1.41. The molecule has 0 aliphatic carbocycles. The molecule has 4 N–H and O–H groups in total. The lowest BCUT2D eigenvalue weighted by Crippen LogP contribution is -2.27. The highest BCUT2D eigenvalue weighted by Crippen LogP contribution is 2.17. The molecule has 0 saturated carbocycles. The molecule has 2 heterocycles. The minimum absolute atomic E-state index is 0.0473. The zero-order valence-electron chi connectivity index (χ0n) is 21.6. The topological polar surface area (TPSA) is 196 Å². The van der Waals surface area contributed by atoms with Gasteiger partial charge in [0.15, 0.2) is 11.6 Å². The van der Waals surface area contributed by atoms with E-state index in [0.717, 1.165) is 0 Å². The minimum atomic E-state index is -0.649. The largest absolute Gasteiger partial charge is 0.480 e. The second kappa shape index (κ2) is 13.0. The number of rotatable bonds is 5. The average Bonchev–Trinajstić information content (AvgIpc) is 2.76. The number of carbonyl (C=O) groups excluding carboxylic acids is 2. The normalized spacial score (nSPS) is 10.7. The van der Waals surface area contributed by atoms with E-state index >= 15 is 0 Å². The Labute approximate surface area is 209 Å². The molecule has 0 aromatic carbocycles. The number of anilines is 2. The van der Waals surface area contributed by atoms with Crippen LogP contribution in [0, 0.1) is 11.3 Å². The van der Waals surface area contributed by atoms with Crippen molar-refractivity contribution in [3.63, 3.8) is 0 Å². The number of nitrogens with two attached hydrogens (primary N) is 1. The Bertz CT molecular complexity index is 1090. The number of carbonyl (C=O) groups is 2. The molecule has 0 bridgehead atoms. The summed E-state index contributed by atoms with van der Waals surface area (Å²) in [5.41, 5.74) is 4.86. The molecule has 0 spiro atoms. The van der Waals surface area contributed by atoms with Gasteiger partial charge in [0, 0.05) is 6.54 Å². The molecular weight excluding hydrogens is 472 g/mol. The number of hydrogen-bond donors (Lipinski definition) is 3. The van der Waals surface area contributed by atoms with E-state index in [0.29, 0.717) is 5.69 Å². The van der Waals surface area contributed by atoms with Gasteiger partial charge < -0.3 is 24.7 Å². The third-order valence-electron chi connectivity index (χ3n) is 3.50. The molecule has 2 amide bonds. The van der Waals surface area contributed by atoms with Crippen LogP contribution < -0.4 is 25.8 Å². The fourth-order valence-electron chi connectivity index (χ4n) is 2.23. The summed E-state index contributed by atoms with van der Waals surface area (Å²) in [6, 6.07) is 1.82. The van der Waals surface area contributed by atoms with E-state index in [4.69, 9.17) is 29.9 Å². The van der Waals surface area contributed by atoms with Gasteiger partial charge in [-0.1, -0.05) is 0 Å². The molecule has 0 aliphatic rings. The van der Waals surface area contributed by atoms with Crippen molar-refractivity contribution in [1.82, 2.24) is 19.9 Å². The van der Waals surface area contributed by atoms with Gasteiger partial charge in [0.2, 0.25) is 11.6 Å². The minimum Gasteiger partial charge on any atom is -0.480 e. The predicted octanol–water partition coefficient (Wildman–Crippen LogP) is 2.99. The summed E-state index contributed by atoms with van der Waals surface area (Å²) in [7, 11) is 2.82. The van der Waals surface area contributed by atoms with Crippen molar-refractivity contribution in [2.75, 3.05) is 24.9 Å². The van der Waals surface area contributed by atoms with Gasteiger partial charge in [-0.15, -0.1) is 0 Å². The molecule has 0 aliphatic heterocycles. The van der Waals surface area contributed by atoms with Crippen LogP contribution in [0.15, 0.2) is 12.4 Å². The number of nitrogens with zero attached hydrogens (tertiary/aromatic N) is 5. The lowest BCUT2D eigenvalue weighted by molar-refractivity contribution is 0.0623. The Kier molecular flexibility index (Phi) is 10.8. The number of ether oxygens (including phenoxy) is 4. The van der Waals surface area contributed by atoms with E-state index in [-0.39, 0.29) is 35.6 Å². The molecule has 2 aromatic heterocycles. The maximum Gasteiger partial charge on any atom is 0.413 e. The van der Waals surface area contributed by atoms with Crippen LogP contribution in [0.2, 0.25) is 0 Å². The van der Waals surface area contributed by atoms with Crippen LogP contribution in [0.4, 0.5) is 21.2 Å². The molecule has 0 atom stereocenters. The molecule has 0 fully saturated rings. The molecular formula is C22H32N8O6. The van der Waals surface area contributed by atoms with Crippen molar-refractivity contribution >= 4 is 23.8 Å². The predicted molar refractivity (Wildman–Crippen MR) is 129 cm³/mol. The number of amides is 2. The zero-order chi connectivity index (χ0) is 27.5. The smallest absolute Gasteiger partial charge is 0.413 e. The van der Waals surface area contributed by atoms with Crippen molar-refractivity contribution in [3.8, 4) is 17.8 Å². The first-order chi connectivity index (χ1) is 16.7. The van der Waals surface area contributed by atoms with Crippen LogP contribution in [-0.2, 0) is 16.0 Å². The second-order valence-electron chi connectivity index (χ2n) is 8.89. The van der Waals surface area contributed by atoms with Gasteiger partial charge in [0.05, 0.1) is 26.6 Å². The van der Waals surface area contributed by atoms with E-state index in [1.165, 1.54) is 26.6 Å².